The van der Waals surface area contributed by atoms with Gasteiger partial charge in [-0.1, -0.05) is 30.1 Å². The molecule has 94 valence electrons. The Hall–Kier alpha value is 2.09. The van der Waals surface area contributed by atoms with Gasteiger partial charge in [0, 0.05) is 10.8 Å². The first-order valence-electron chi connectivity index (χ1n) is 5.30. The third kappa shape index (κ3) is 5.13. The Bertz CT molecular complexity index is 419. The summed E-state index contributed by atoms with van der Waals surface area (Å²) >= 11 is 13.3. The first-order chi connectivity index (χ1) is 8.06. The normalized spacial score (nSPS) is 22.9. The van der Waals surface area contributed by atoms with Crippen molar-refractivity contribution < 1.29 is 78.0 Å². The average Bonchev–Trinajstić information content (AvgIpc) is 2.68. The van der Waals surface area contributed by atoms with Crippen molar-refractivity contribution in [1.82, 2.24) is 0 Å². The van der Waals surface area contributed by atoms with Crippen molar-refractivity contribution in [2.24, 2.45) is 5.92 Å². The van der Waals surface area contributed by atoms with Crippen molar-refractivity contribution in [2.45, 2.75) is 24.5 Å². The van der Waals surface area contributed by atoms with Crippen LogP contribution in [0.4, 0.5) is 4.39 Å². The molecular formula is C12H12Cl2CsFOS. The molecule has 0 aromatic heterocycles. The molecule has 0 N–H and O–H groups in total. The van der Waals surface area contributed by atoms with Crippen LogP contribution in [0.1, 0.15) is 18.9 Å². The largest absolute Gasteiger partial charge is 1.00 e. The Labute approximate surface area is 180 Å². The standard InChI is InChI=1S/C12H12Cl2FOS.Cs/c1-7-2-12(16-5-7)17-6-8-3-10(14)11(15)4-9(8)13;/h3-5,7,12H,2,6H2,1H3;/q-1;+1/t7-,12?;/m1./s1. The zero-order chi connectivity index (χ0) is 12.4. The van der Waals surface area contributed by atoms with Gasteiger partial charge in [0.2, 0.25) is 0 Å². The molecule has 0 amide bonds. The van der Waals surface area contributed by atoms with Gasteiger partial charge in [-0.15, -0.1) is 17.7 Å². The minimum atomic E-state index is -0.482. The van der Waals surface area contributed by atoms with Crippen molar-refractivity contribution in [3.05, 3.63) is 40.2 Å². The minimum absolute atomic E-state index is 0. The van der Waals surface area contributed by atoms with Gasteiger partial charge in [0.05, 0.1) is 10.5 Å². The van der Waals surface area contributed by atoms with Crippen LogP contribution in [0.5, 0.6) is 0 Å². The molecule has 0 aliphatic carbocycles. The molecule has 1 unspecified atom stereocenters. The van der Waals surface area contributed by atoms with Gasteiger partial charge in [-0.2, -0.15) is 0 Å². The first-order valence-corrected chi connectivity index (χ1v) is 7.10. The molecule has 1 aliphatic rings. The molecule has 2 rings (SSSR count). The van der Waals surface area contributed by atoms with Crippen LogP contribution in [0.3, 0.4) is 0 Å². The SMILES string of the molecule is C[C@H]1[CH-]OC(SCc2cc(Cl)c(F)cc2Cl)C1.[Cs+]. The zero-order valence-electron chi connectivity index (χ0n) is 10.3. The van der Waals surface area contributed by atoms with E-state index in [-0.39, 0.29) is 79.4 Å². The van der Waals surface area contributed by atoms with Gasteiger partial charge in [-0.3, -0.25) is 0 Å². The van der Waals surface area contributed by atoms with Crippen LogP contribution < -0.4 is 68.9 Å². The number of ether oxygens (including phenoxy) is 1. The number of rotatable bonds is 3. The van der Waals surface area contributed by atoms with E-state index in [4.69, 9.17) is 27.9 Å². The summed E-state index contributed by atoms with van der Waals surface area (Å²) in [5.41, 5.74) is 0.996. The van der Waals surface area contributed by atoms with Gasteiger partial charge in [-0.05, 0) is 24.1 Å². The summed E-state index contributed by atoms with van der Waals surface area (Å²) in [7, 11) is 0. The molecule has 0 spiro atoms. The van der Waals surface area contributed by atoms with E-state index in [2.05, 4.69) is 6.92 Å². The van der Waals surface area contributed by atoms with Crippen LogP contribution in [0.15, 0.2) is 12.1 Å². The minimum Gasteiger partial charge on any atom is -0.542 e. The Morgan fingerprint density at radius 2 is 2.17 bits per heavy atom. The van der Waals surface area contributed by atoms with Crippen LogP contribution >= 0.6 is 35.0 Å². The predicted octanol–water partition coefficient (Wildman–Crippen LogP) is 1.91. The monoisotopic (exact) mass is 426 g/mol. The van der Waals surface area contributed by atoms with Crippen molar-refractivity contribution in [3.63, 3.8) is 0 Å². The zero-order valence-corrected chi connectivity index (χ0v) is 18.9. The quantitative estimate of drug-likeness (QED) is 0.539. The fourth-order valence-corrected chi connectivity index (χ4v) is 3.27. The molecule has 1 nitrogen and oxygen atoms in total. The first kappa shape index (κ1) is 18.1. The van der Waals surface area contributed by atoms with Crippen LogP contribution in [-0.2, 0) is 10.5 Å². The summed E-state index contributed by atoms with van der Waals surface area (Å²) in [4.78, 5) is 0. The summed E-state index contributed by atoms with van der Waals surface area (Å²) in [6.07, 6.45) is 0.997. The Balaban J connectivity index is 0.00000162. The van der Waals surface area contributed by atoms with Gasteiger partial charge in [0.15, 0.2) is 0 Å². The molecular weight excluding hydrogens is 415 g/mol. The molecule has 18 heavy (non-hydrogen) atoms. The number of benzene rings is 1. The average molecular weight is 427 g/mol. The number of hydrogen-bond donors (Lipinski definition) is 0. The van der Waals surface area contributed by atoms with Gasteiger partial charge >= 0.3 is 68.9 Å². The second kappa shape index (κ2) is 8.51. The summed E-state index contributed by atoms with van der Waals surface area (Å²) in [6.45, 7) is 3.97. The van der Waals surface area contributed by atoms with E-state index in [1.54, 1.807) is 17.8 Å². The molecule has 0 bridgehead atoms. The molecule has 1 saturated heterocycles. The van der Waals surface area contributed by atoms with E-state index < -0.39 is 5.82 Å². The molecule has 6 heteroatoms. The van der Waals surface area contributed by atoms with E-state index >= 15 is 0 Å². The van der Waals surface area contributed by atoms with Crippen molar-refractivity contribution in [2.75, 3.05) is 0 Å². The van der Waals surface area contributed by atoms with Gasteiger partial charge < -0.3 is 4.74 Å². The molecule has 1 fully saturated rings. The Morgan fingerprint density at radius 3 is 2.78 bits per heavy atom. The van der Waals surface area contributed by atoms with Gasteiger partial charge in [0.25, 0.3) is 0 Å². The van der Waals surface area contributed by atoms with E-state index in [0.717, 1.165) is 12.0 Å². The van der Waals surface area contributed by atoms with Crippen LogP contribution in [0.25, 0.3) is 0 Å². The van der Waals surface area contributed by atoms with Crippen molar-refractivity contribution in [3.8, 4) is 0 Å². The number of halogens is 3. The fraction of sp³-hybridized carbons (Fsp3) is 0.417. The van der Waals surface area contributed by atoms with Crippen LogP contribution in [0.2, 0.25) is 10.0 Å². The Morgan fingerprint density at radius 1 is 1.44 bits per heavy atom. The molecule has 0 radical (unpaired) electrons. The maximum absolute atomic E-state index is 13.1. The second-order valence-electron chi connectivity index (χ2n) is 4.08. The molecule has 1 aromatic carbocycles. The topological polar surface area (TPSA) is 9.23 Å². The number of thioether (sulfide) groups is 1. The summed E-state index contributed by atoms with van der Waals surface area (Å²) in [5.74, 6) is 0.675. The molecule has 1 aromatic rings. The fourth-order valence-electron chi connectivity index (χ4n) is 1.60. The van der Waals surface area contributed by atoms with Crippen molar-refractivity contribution >= 4 is 35.0 Å². The van der Waals surface area contributed by atoms with E-state index in [1.165, 1.54) is 6.07 Å². The van der Waals surface area contributed by atoms with E-state index in [9.17, 15) is 4.39 Å². The van der Waals surface area contributed by atoms with Crippen LogP contribution in [0, 0.1) is 18.3 Å². The summed E-state index contributed by atoms with van der Waals surface area (Å²) in [5, 5.41) is 0.520. The third-order valence-corrected chi connectivity index (χ3v) is 4.34. The second-order valence-corrected chi connectivity index (χ2v) is 6.05. The van der Waals surface area contributed by atoms with Gasteiger partial charge in [-0.25, -0.2) is 11.0 Å². The third-order valence-electron chi connectivity index (χ3n) is 2.54. The van der Waals surface area contributed by atoms with E-state index in [0.29, 0.717) is 16.7 Å². The maximum Gasteiger partial charge on any atom is 1.00 e. The van der Waals surface area contributed by atoms with Gasteiger partial charge in [0.1, 0.15) is 5.82 Å². The predicted molar refractivity (Wildman–Crippen MR) is 70.7 cm³/mol. The van der Waals surface area contributed by atoms with Crippen molar-refractivity contribution in [1.29, 1.82) is 0 Å². The number of hydrogen-bond acceptors (Lipinski definition) is 2. The summed E-state index contributed by atoms with van der Waals surface area (Å²) < 4.78 is 18.6. The molecule has 2 atom stereocenters. The maximum atomic E-state index is 13.1. The smallest absolute Gasteiger partial charge is 0.542 e. The van der Waals surface area contributed by atoms with Crippen LogP contribution in [-0.4, -0.2) is 5.44 Å². The molecule has 1 aliphatic heterocycles. The summed E-state index contributed by atoms with van der Waals surface area (Å²) in [6, 6.07) is 2.83. The molecule has 1 heterocycles. The molecule has 0 saturated carbocycles. The van der Waals surface area contributed by atoms with E-state index in [1.807, 2.05) is 6.61 Å². The Kier molecular flexibility index (Phi) is 8.58.